The highest BCUT2D eigenvalue weighted by atomic mass is 19.1. The van der Waals surface area contributed by atoms with Crippen LogP contribution in [0.3, 0.4) is 0 Å². The molecule has 0 unspecified atom stereocenters. The molecule has 1 aromatic carbocycles. The van der Waals surface area contributed by atoms with Crippen molar-refractivity contribution < 1.29 is 4.39 Å². The minimum Gasteiger partial charge on any atom is -0.358 e. The summed E-state index contributed by atoms with van der Waals surface area (Å²) in [5.41, 5.74) is 3.18. The average Bonchev–Trinajstić information content (AvgIpc) is 2.43. The van der Waals surface area contributed by atoms with Crippen molar-refractivity contribution in [3.05, 3.63) is 35.3 Å². The van der Waals surface area contributed by atoms with Crippen molar-refractivity contribution in [1.82, 2.24) is 10.3 Å². The van der Waals surface area contributed by atoms with Gasteiger partial charge in [0.2, 0.25) is 0 Å². The molecule has 0 fully saturated rings. The number of hydrogen-bond donors (Lipinski definition) is 2. The fourth-order valence-electron chi connectivity index (χ4n) is 1.77. The predicted octanol–water partition coefficient (Wildman–Crippen LogP) is 2.33. The maximum absolute atomic E-state index is 12.9. The smallest absolute Gasteiger partial charge is 0.125 e. The van der Waals surface area contributed by atoms with E-state index in [-0.39, 0.29) is 5.82 Å². The summed E-state index contributed by atoms with van der Waals surface area (Å²) in [5, 5.41) is 4.20. The van der Waals surface area contributed by atoms with Gasteiger partial charge in [0.25, 0.3) is 0 Å². The fourth-order valence-corrected chi connectivity index (χ4v) is 1.77. The number of fused-ring (bicyclic) bond motifs is 1. The predicted molar refractivity (Wildman–Crippen MR) is 55.8 cm³/mol. The second kappa shape index (κ2) is 3.42. The molecule has 3 heteroatoms. The molecule has 1 heterocycles. The van der Waals surface area contributed by atoms with Crippen molar-refractivity contribution in [2.45, 2.75) is 13.5 Å². The Labute approximate surface area is 82.1 Å². The summed E-state index contributed by atoms with van der Waals surface area (Å²) >= 11 is 0. The van der Waals surface area contributed by atoms with Gasteiger partial charge in [0.15, 0.2) is 0 Å². The van der Waals surface area contributed by atoms with Gasteiger partial charge in [0.05, 0.1) is 0 Å². The fraction of sp³-hybridized carbons (Fsp3) is 0.273. The molecule has 14 heavy (non-hydrogen) atoms. The number of aryl methyl sites for hydroxylation is 1. The molecule has 2 aromatic rings. The number of halogens is 1. The lowest BCUT2D eigenvalue weighted by atomic mass is 10.1. The Kier molecular flexibility index (Phi) is 2.25. The van der Waals surface area contributed by atoms with Crippen LogP contribution in [0.2, 0.25) is 0 Å². The normalized spacial score (nSPS) is 11.1. The molecule has 0 amide bonds. The Morgan fingerprint density at radius 3 is 2.93 bits per heavy atom. The molecule has 0 saturated carbocycles. The third-order valence-corrected chi connectivity index (χ3v) is 2.44. The van der Waals surface area contributed by atoms with E-state index in [0.717, 1.165) is 23.1 Å². The Balaban J connectivity index is 2.64. The van der Waals surface area contributed by atoms with E-state index >= 15 is 0 Å². The number of nitrogens with one attached hydrogen (secondary N) is 2. The van der Waals surface area contributed by atoms with Crippen LogP contribution >= 0.6 is 0 Å². The van der Waals surface area contributed by atoms with E-state index in [1.54, 1.807) is 0 Å². The van der Waals surface area contributed by atoms with Crippen LogP contribution in [-0.4, -0.2) is 12.0 Å². The summed E-state index contributed by atoms with van der Waals surface area (Å²) in [6.45, 7) is 2.81. The maximum atomic E-state index is 12.9. The number of hydrogen-bond acceptors (Lipinski definition) is 1. The van der Waals surface area contributed by atoms with Crippen LogP contribution in [0.4, 0.5) is 4.39 Å². The molecule has 0 radical (unpaired) electrons. The van der Waals surface area contributed by atoms with E-state index in [0.29, 0.717) is 0 Å². The number of aromatic amines is 1. The topological polar surface area (TPSA) is 27.8 Å². The summed E-state index contributed by atoms with van der Waals surface area (Å²) in [7, 11) is 1.90. The number of H-pyrrole nitrogens is 1. The highest BCUT2D eigenvalue weighted by molar-refractivity contribution is 5.84. The Morgan fingerprint density at radius 2 is 2.21 bits per heavy atom. The SMILES string of the molecule is CNCc1c(C)[nH]c2cc(F)ccc12. The first kappa shape index (κ1) is 9.21. The quantitative estimate of drug-likeness (QED) is 0.751. The van der Waals surface area contributed by atoms with Gasteiger partial charge in [-0.25, -0.2) is 4.39 Å². The molecule has 0 spiro atoms. The molecule has 2 rings (SSSR count). The van der Waals surface area contributed by atoms with Crippen LogP contribution < -0.4 is 5.32 Å². The third kappa shape index (κ3) is 1.40. The van der Waals surface area contributed by atoms with Crippen LogP contribution in [0.25, 0.3) is 10.9 Å². The van der Waals surface area contributed by atoms with Gasteiger partial charge < -0.3 is 10.3 Å². The molecule has 0 atom stereocenters. The van der Waals surface area contributed by atoms with Gasteiger partial charge in [-0.05, 0) is 37.7 Å². The summed E-state index contributed by atoms with van der Waals surface area (Å²) in [6, 6.07) is 4.84. The van der Waals surface area contributed by atoms with E-state index in [1.165, 1.54) is 17.7 Å². The molecule has 0 aliphatic carbocycles. The second-order valence-corrected chi connectivity index (χ2v) is 3.45. The highest BCUT2D eigenvalue weighted by Gasteiger charge is 2.07. The zero-order valence-electron chi connectivity index (χ0n) is 8.32. The number of rotatable bonds is 2. The van der Waals surface area contributed by atoms with Crippen molar-refractivity contribution in [2.24, 2.45) is 0 Å². The molecule has 0 saturated heterocycles. The van der Waals surface area contributed by atoms with Crippen molar-refractivity contribution in [3.63, 3.8) is 0 Å². The van der Waals surface area contributed by atoms with Gasteiger partial charge in [-0.3, -0.25) is 0 Å². The molecule has 2 N–H and O–H groups in total. The average molecular weight is 192 g/mol. The van der Waals surface area contributed by atoms with E-state index in [9.17, 15) is 4.39 Å². The number of aromatic nitrogens is 1. The van der Waals surface area contributed by atoms with Crippen LogP contribution in [0, 0.1) is 12.7 Å². The van der Waals surface area contributed by atoms with E-state index in [4.69, 9.17) is 0 Å². The van der Waals surface area contributed by atoms with Gasteiger partial charge >= 0.3 is 0 Å². The Bertz CT molecular complexity index is 460. The summed E-state index contributed by atoms with van der Waals surface area (Å²) in [4.78, 5) is 3.17. The van der Waals surface area contributed by atoms with Crippen molar-refractivity contribution in [2.75, 3.05) is 7.05 Å². The lowest BCUT2D eigenvalue weighted by molar-refractivity contribution is 0.629. The van der Waals surface area contributed by atoms with Crippen molar-refractivity contribution in [1.29, 1.82) is 0 Å². The minimum absolute atomic E-state index is 0.199. The maximum Gasteiger partial charge on any atom is 0.125 e. The Morgan fingerprint density at radius 1 is 1.43 bits per heavy atom. The molecule has 74 valence electrons. The van der Waals surface area contributed by atoms with Gasteiger partial charge in [-0.15, -0.1) is 0 Å². The monoisotopic (exact) mass is 192 g/mol. The summed E-state index contributed by atoms with van der Waals surface area (Å²) in [5.74, 6) is -0.199. The zero-order valence-corrected chi connectivity index (χ0v) is 8.32. The van der Waals surface area contributed by atoms with Crippen LogP contribution in [0.1, 0.15) is 11.3 Å². The van der Waals surface area contributed by atoms with Crippen LogP contribution in [0.15, 0.2) is 18.2 Å². The standard InChI is InChI=1S/C11H13FN2/c1-7-10(6-13-2)9-4-3-8(12)5-11(9)14-7/h3-5,13-14H,6H2,1-2H3. The van der Waals surface area contributed by atoms with Crippen LogP contribution in [0.5, 0.6) is 0 Å². The Hall–Kier alpha value is -1.35. The second-order valence-electron chi connectivity index (χ2n) is 3.45. The first-order valence-electron chi connectivity index (χ1n) is 4.63. The third-order valence-electron chi connectivity index (χ3n) is 2.44. The molecule has 1 aromatic heterocycles. The number of benzene rings is 1. The molecule has 0 aliphatic heterocycles. The van der Waals surface area contributed by atoms with Gasteiger partial charge in [-0.2, -0.15) is 0 Å². The zero-order chi connectivity index (χ0) is 10.1. The highest BCUT2D eigenvalue weighted by Crippen LogP contribution is 2.22. The molecule has 2 nitrogen and oxygen atoms in total. The van der Waals surface area contributed by atoms with E-state index in [1.807, 2.05) is 20.0 Å². The van der Waals surface area contributed by atoms with E-state index in [2.05, 4.69) is 10.3 Å². The lowest BCUT2D eigenvalue weighted by Crippen LogP contribution is -2.05. The van der Waals surface area contributed by atoms with Gasteiger partial charge in [-0.1, -0.05) is 0 Å². The van der Waals surface area contributed by atoms with Crippen molar-refractivity contribution in [3.8, 4) is 0 Å². The molecular formula is C11H13FN2. The molecule has 0 aliphatic rings. The van der Waals surface area contributed by atoms with Gasteiger partial charge in [0.1, 0.15) is 5.82 Å². The van der Waals surface area contributed by atoms with Crippen LogP contribution in [-0.2, 0) is 6.54 Å². The minimum atomic E-state index is -0.199. The largest absolute Gasteiger partial charge is 0.358 e. The summed E-state index contributed by atoms with van der Waals surface area (Å²) < 4.78 is 12.9. The summed E-state index contributed by atoms with van der Waals surface area (Å²) in [6.07, 6.45) is 0. The first-order valence-corrected chi connectivity index (χ1v) is 4.63. The van der Waals surface area contributed by atoms with Gasteiger partial charge in [0, 0.05) is 23.1 Å². The van der Waals surface area contributed by atoms with E-state index < -0.39 is 0 Å². The first-order chi connectivity index (χ1) is 6.72. The molecule has 0 bridgehead atoms. The lowest BCUT2D eigenvalue weighted by Gasteiger charge is -1.98. The molecular weight excluding hydrogens is 179 g/mol. The van der Waals surface area contributed by atoms with Crippen molar-refractivity contribution >= 4 is 10.9 Å².